The fourth-order valence-corrected chi connectivity index (χ4v) is 2.01. The molecule has 0 aromatic heterocycles. The number of amides is 2. The summed E-state index contributed by atoms with van der Waals surface area (Å²) in [6.07, 6.45) is 1.51. The van der Waals surface area contributed by atoms with Crippen molar-refractivity contribution in [1.29, 1.82) is 0 Å². The zero-order valence-corrected chi connectivity index (χ0v) is 12.5. The number of rotatable bonds is 7. The van der Waals surface area contributed by atoms with Gasteiger partial charge in [0.2, 0.25) is 11.8 Å². The summed E-state index contributed by atoms with van der Waals surface area (Å²) in [4.78, 5) is 23.7. The molecule has 2 atom stereocenters. The van der Waals surface area contributed by atoms with Crippen LogP contribution in [0.2, 0.25) is 0 Å². The second-order valence-electron chi connectivity index (χ2n) is 5.84. The highest BCUT2D eigenvalue weighted by Crippen LogP contribution is 2.12. The summed E-state index contributed by atoms with van der Waals surface area (Å²) in [6.45, 7) is 10.2. The fraction of sp³-hybridized carbons (Fsp3) is 0.857. The predicted molar refractivity (Wildman–Crippen MR) is 74.1 cm³/mol. The molecule has 0 aliphatic rings. The van der Waals surface area contributed by atoms with Gasteiger partial charge >= 0.3 is 0 Å². The molecule has 0 rings (SSSR count). The summed E-state index contributed by atoms with van der Waals surface area (Å²) in [5, 5.41) is 5.46. The third-order valence-corrected chi connectivity index (χ3v) is 2.86. The average molecular weight is 256 g/mol. The van der Waals surface area contributed by atoms with Gasteiger partial charge in [-0.05, 0) is 24.7 Å². The largest absolute Gasteiger partial charge is 0.357 e. The summed E-state index contributed by atoms with van der Waals surface area (Å²) in [5.74, 6) is 0.651. The maximum atomic E-state index is 12.0. The van der Waals surface area contributed by atoms with Crippen LogP contribution < -0.4 is 10.6 Å². The monoisotopic (exact) mass is 256 g/mol. The van der Waals surface area contributed by atoms with Crippen LogP contribution in [0, 0.1) is 17.8 Å². The lowest BCUT2D eigenvalue weighted by Gasteiger charge is -2.22. The van der Waals surface area contributed by atoms with Crippen molar-refractivity contribution in [3.05, 3.63) is 0 Å². The Morgan fingerprint density at radius 3 is 1.78 bits per heavy atom. The summed E-state index contributed by atoms with van der Waals surface area (Å²) in [5.41, 5.74) is 0. The molecule has 0 aromatic carbocycles. The van der Waals surface area contributed by atoms with Crippen LogP contribution >= 0.6 is 0 Å². The molecule has 106 valence electrons. The van der Waals surface area contributed by atoms with Crippen molar-refractivity contribution in [3.8, 4) is 0 Å². The zero-order valence-electron chi connectivity index (χ0n) is 12.5. The van der Waals surface area contributed by atoms with Gasteiger partial charge in [-0.3, -0.25) is 9.59 Å². The Labute approximate surface area is 111 Å². The van der Waals surface area contributed by atoms with E-state index < -0.39 is 6.04 Å². The quantitative estimate of drug-likeness (QED) is 0.731. The number of hydrogen-bond acceptors (Lipinski definition) is 2. The topological polar surface area (TPSA) is 58.2 Å². The molecule has 0 aromatic rings. The maximum absolute atomic E-state index is 12.0. The maximum Gasteiger partial charge on any atom is 0.242 e. The lowest BCUT2D eigenvalue weighted by Crippen LogP contribution is -2.48. The minimum Gasteiger partial charge on any atom is -0.357 e. The van der Waals surface area contributed by atoms with Gasteiger partial charge in [0, 0.05) is 13.0 Å². The van der Waals surface area contributed by atoms with Gasteiger partial charge in [-0.25, -0.2) is 0 Å². The Morgan fingerprint density at radius 2 is 1.39 bits per heavy atom. The van der Waals surface area contributed by atoms with Crippen LogP contribution in [0.15, 0.2) is 0 Å². The Hall–Kier alpha value is -1.06. The van der Waals surface area contributed by atoms with Gasteiger partial charge in [0.05, 0.1) is 0 Å². The highest BCUT2D eigenvalue weighted by Gasteiger charge is 2.23. The first kappa shape index (κ1) is 16.9. The SMILES string of the molecule is CNC(=O)[C@H](CC(C)C)NC(=O)[C@@H](C)CC(C)C. The average Bonchev–Trinajstić information content (AvgIpc) is 2.25. The van der Waals surface area contributed by atoms with Crippen molar-refractivity contribution in [2.45, 2.75) is 53.5 Å². The molecule has 4 nitrogen and oxygen atoms in total. The van der Waals surface area contributed by atoms with Gasteiger partial charge in [-0.1, -0.05) is 34.6 Å². The van der Waals surface area contributed by atoms with Gasteiger partial charge < -0.3 is 10.6 Å². The highest BCUT2D eigenvalue weighted by molar-refractivity contribution is 5.88. The number of nitrogens with one attached hydrogen (secondary N) is 2. The third kappa shape index (κ3) is 6.62. The molecule has 0 heterocycles. The van der Waals surface area contributed by atoms with E-state index >= 15 is 0 Å². The standard InChI is InChI=1S/C14H28N2O2/c1-9(2)7-11(5)13(17)16-12(8-10(3)4)14(18)15-6/h9-12H,7-8H2,1-6H3,(H,15,18)(H,16,17)/t11-,12-/m0/s1. The molecule has 0 unspecified atom stereocenters. The summed E-state index contributed by atoms with van der Waals surface area (Å²) >= 11 is 0. The van der Waals surface area contributed by atoms with Crippen LogP contribution in [0.1, 0.15) is 47.5 Å². The van der Waals surface area contributed by atoms with Crippen molar-refractivity contribution >= 4 is 11.8 Å². The molecule has 0 saturated carbocycles. The molecule has 0 spiro atoms. The van der Waals surface area contributed by atoms with Crippen molar-refractivity contribution in [2.75, 3.05) is 7.05 Å². The van der Waals surface area contributed by atoms with Crippen LogP contribution in [-0.4, -0.2) is 24.9 Å². The fourth-order valence-electron chi connectivity index (χ4n) is 2.01. The summed E-state index contributed by atoms with van der Waals surface area (Å²) in [6, 6.07) is -0.419. The molecule has 0 bridgehead atoms. The first-order valence-corrected chi connectivity index (χ1v) is 6.79. The molecule has 0 saturated heterocycles. The highest BCUT2D eigenvalue weighted by atomic mass is 16.2. The minimum absolute atomic E-state index is 0.0297. The first-order valence-electron chi connectivity index (χ1n) is 6.79. The minimum atomic E-state index is -0.419. The number of carbonyl (C=O) groups excluding carboxylic acids is 2. The first-order chi connectivity index (χ1) is 8.27. The van der Waals surface area contributed by atoms with Crippen LogP contribution in [0.25, 0.3) is 0 Å². The molecular formula is C14H28N2O2. The normalized spacial score (nSPS) is 14.4. The second-order valence-corrected chi connectivity index (χ2v) is 5.84. The Kier molecular flexibility index (Phi) is 7.64. The Balaban J connectivity index is 4.47. The molecule has 2 N–H and O–H groups in total. The van der Waals surface area contributed by atoms with Crippen molar-refractivity contribution in [3.63, 3.8) is 0 Å². The third-order valence-electron chi connectivity index (χ3n) is 2.86. The van der Waals surface area contributed by atoms with E-state index in [0.29, 0.717) is 18.3 Å². The number of carbonyl (C=O) groups is 2. The molecular weight excluding hydrogens is 228 g/mol. The smallest absolute Gasteiger partial charge is 0.242 e. The van der Waals surface area contributed by atoms with Crippen molar-refractivity contribution in [2.24, 2.45) is 17.8 Å². The molecule has 18 heavy (non-hydrogen) atoms. The van der Waals surface area contributed by atoms with Crippen LogP contribution in [0.3, 0.4) is 0 Å². The van der Waals surface area contributed by atoms with Gasteiger partial charge in [-0.15, -0.1) is 0 Å². The molecule has 0 aliphatic heterocycles. The van der Waals surface area contributed by atoms with Gasteiger partial charge in [0.25, 0.3) is 0 Å². The summed E-state index contributed by atoms with van der Waals surface area (Å²) in [7, 11) is 1.60. The number of hydrogen-bond donors (Lipinski definition) is 2. The molecule has 0 fully saturated rings. The van der Waals surface area contributed by atoms with Crippen LogP contribution in [-0.2, 0) is 9.59 Å². The molecule has 4 heteroatoms. The molecule has 0 aliphatic carbocycles. The van der Waals surface area contributed by atoms with Crippen LogP contribution in [0.4, 0.5) is 0 Å². The lowest BCUT2D eigenvalue weighted by molar-refractivity contribution is -0.131. The van der Waals surface area contributed by atoms with E-state index in [1.807, 2.05) is 20.8 Å². The van der Waals surface area contributed by atoms with Crippen LogP contribution in [0.5, 0.6) is 0 Å². The van der Waals surface area contributed by atoms with Gasteiger partial charge in [0.15, 0.2) is 0 Å². The van der Waals surface area contributed by atoms with E-state index in [2.05, 4.69) is 24.5 Å². The second kappa shape index (κ2) is 8.11. The van der Waals surface area contributed by atoms with E-state index in [0.717, 1.165) is 6.42 Å². The van der Waals surface area contributed by atoms with E-state index in [1.54, 1.807) is 7.05 Å². The lowest BCUT2D eigenvalue weighted by atomic mass is 9.97. The van der Waals surface area contributed by atoms with E-state index in [1.165, 1.54) is 0 Å². The van der Waals surface area contributed by atoms with Crippen molar-refractivity contribution in [1.82, 2.24) is 10.6 Å². The van der Waals surface area contributed by atoms with E-state index in [9.17, 15) is 9.59 Å². The molecule has 0 radical (unpaired) electrons. The Bertz CT molecular complexity index is 275. The van der Waals surface area contributed by atoms with E-state index in [4.69, 9.17) is 0 Å². The van der Waals surface area contributed by atoms with Gasteiger partial charge in [-0.2, -0.15) is 0 Å². The molecule has 2 amide bonds. The Morgan fingerprint density at radius 1 is 0.889 bits per heavy atom. The zero-order chi connectivity index (χ0) is 14.3. The van der Waals surface area contributed by atoms with E-state index in [-0.39, 0.29) is 17.7 Å². The number of likely N-dealkylation sites (N-methyl/N-ethyl adjacent to an activating group) is 1. The summed E-state index contributed by atoms with van der Waals surface area (Å²) < 4.78 is 0. The van der Waals surface area contributed by atoms with Crippen molar-refractivity contribution < 1.29 is 9.59 Å². The predicted octanol–water partition coefficient (Wildman–Crippen LogP) is 1.95. The van der Waals surface area contributed by atoms with Gasteiger partial charge in [0.1, 0.15) is 6.04 Å².